The van der Waals surface area contributed by atoms with Gasteiger partial charge in [-0.15, -0.1) is 0 Å². The maximum absolute atomic E-state index is 13.3. The molecule has 0 saturated carbocycles. The quantitative estimate of drug-likeness (QED) is 0.141. The van der Waals surface area contributed by atoms with Gasteiger partial charge in [-0.2, -0.15) is 0 Å². The van der Waals surface area contributed by atoms with Crippen LogP contribution in [0.25, 0.3) is 10.8 Å². The second kappa shape index (κ2) is 17.1. The van der Waals surface area contributed by atoms with Gasteiger partial charge in [-0.3, -0.25) is 9.05 Å². The Balaban J connectivity index is 1.75. The summed E-state index contributed by atoms with van der Waals surface area (Å²) >= 11 is 0. The van der Waals surface area contributed by atoms with Crippen molar-refractivity contribution in [2.24, 2.45) is 0 Å². The fourth-order valence-electron chi connectivity index (χ4n) is 3.78. The third-order valence-electron chi connectivity index (χ3n) is 5.64. The third-order valence-corrected chi connectivity index (χ3v) is 7.06. The zero-order valence-corrected chi connectivity index (χ0v) is 21.5. The minimum absolute atomic E-state index is 0.161. The summed E-state index contributed by atoms with van der Waals surface area (Å²) < 4.78 is 35.8. The number of phosphoric acid groups is 1. The minimum Gasteiger partial charge on any atom is -0.403 e. The Morgan fingerprint density at radius 1 is 0.667 bits per heavy atom. The van der Waals surface area contributed by atoms with E-state index < -0.39 is 7.82 Å². The molecule has 2 aromatic rings. The van der Waals surface area contributed by atoms with Crippen LogP contribution in [-0.4, -0.2) is 26.4 Å². The highest BCUT2D eigenvalue weighted by atomic mass is 31.2. The van der Waals surface area contributed by atoms with Crippen LogP contribution < -0.4 is 4.52 Å². The Morgan fingerprint density at radius 3 is 1.97 bits per heavy atom. The molecular weight excluding hydrogens is 435 g/mol. The maximum atomic E-state index is 13.3. The zero-order chi connectivity index (χ0) is 23.6. The summed E-state index contributed by atoms with van der Waals surface area (Å²) in [6, 6.07) is 13.5. The molecule has 186 valence electrons. The Kier molecular flexibility index (Phi) is 14.4. The highest BCUT2D eigenvalue weighted by molar-refractivity contribution is 7.48. The van der Waals surface area contributed by atoms with E-state index in [1.54, 1.807) is 6.07 Å². The van der Waals surface area contributed by atoms with Gasteiger partial charge in [0.05, 0.1) is 19.8 Å². The number of fused-ring (bicyclic) bond motifs is 1. The first-order valence-electron chi connectivity index (χ1n) is 12.8. The molecule has 0 heterocycles. The molecular formula is C27H43O5P. The first-order chi connectivity index (χ1) is 16.2. The molecule has 33 heavy (non-hydrogen) atoms. The van der Waals surface area contributed by atoms with E-state index >= 15 is 0 Å². The van der Waals surface area contributed by atoms with E-state index in [4.69, 9.17) is 18.3 Å². The molecule has 0 fully saturated rings. The average Bonchev–Trinajstić information content (AvgIpc) is 2.83. The lowest BCUT2D eigenvalue weighted by Crippen LogP contribution is -2.09. The monoisotopic (exact) mass is 478 g/mol. The Morgan fingerprint density at radius 2 is 1.27 bits per heavy atom. The van der Waals surface area contributed by atoms with Crippen LogP contribution in [-0.2, 0) is 18.3 Å². The van der Waals surface area contributed by atoms with Crippen LogP contribution in [0, 0.1) is 0 Å². The van der Waals surface area contributed by atoms with Gasteiger partial charge in [0, 0.05) is 12.0 Å². The van der Waals surface area contributed by atoms with Crippen molar-refractivity contribution in [3.05, 3.63) is 42.5 Å². The van der Waals surface area contributed by atoms with Crippen LogP contribution in [0.2, 0.25) is 0 Å². The molecule has 0 amide bonds. The predicted octanol–water partition coefficient (Wildman–Crippen LogP) is 8.71. The molecule has 2 aromatic carbocycles. The standard InChI is InChI=1S/C27H43O5P/c1-3-5-6-7-8-9-10-11-12-13-16-22-30-33(28,31-24-23-29-4-2)32-27-21-17-19-25-18-14-15-20-26(25)27/h14-15,17-21H,3-13,16,22-24H2,1-2H3. The molecule has 1 atom stereocenters. The second-order valence-electron chi connectivity index (χ2n) is 8.41. The van der Waals surface area contributed by atoms with Crippen molar-refractivity contribution in [1.82, 2.24) is 0 Å². The topological polar surface area (TPSA) is 54.0 Å². The van der Waals surface area contributed by atoms with Gasteiger partial charge in [-0.1, -0.05) is 108 Å². The summed E-state index contributed by atoms with van der Waals surface area (Å²) in [6.45, 7) is 5.61. The number of unbranched alkanes of at least 4 members (excludes halogenated alkanes) is 10. The van der Waals surface area contributed by atoms with Crippen molar-refractivity contribution < 1.29 is 22.9 Å². The summed E-state index contributed by atoms with van der Waals surface area (Å²) in [5.74, 6) is 0.506. The normalized spacial score (nSPS) is 13.3. The van der Waals surface area contributed by atoms with Crippen molar-refractivity contribution in [3.63, 3.8) is 0 Å². The third kappa shape index (κ3) is 11.5. The van der Waals surface area contributed by atoms with E-state index in [0.29, 0.717) is 25.6 Å². The molecule has 1 unspecified atom stereocenters. The van der Waals surface area contributed by atoms with Gasteiger partial charge >= 0.3 is 7.82 Å². The number of ether oxygens (including phenoxy) is 1. The molecule has 0 aliphatic heterocycles. The van der Waals surface area contributed by atoms with Gasteiger partial charge in [-0.25, -0.2) is 4.57 Å². The van der Waals surface area contributed by atoms with Crippen LogP contribution >= 0.6 is 7.82 Å². The molecule has 0 saturated heterocycles. The lowest BCUT2D eigenvalue weighted by Gasteiger charge is -2.19. The van der Waals surface area contributed by atoms with E-state index in [9.17, 15) is 4.57 Å². The largest absolute Gasteiger partial charge is 0.530 e. The number of hydrogen-bond acceptors (Lipinski definition) is 5. The highest BCUT2D eigenvalue weighted by Crippen LogP contribution is 2.50. The summed E-state index contributed by atoms with van der Waals surface area (Å²) in [6.07, 6.45) is 13.7. The van der Waals surface area contributed by atoms with E-state index in [0.717, 1.165) is 23.6 Å². The fourth-order valence-corrected chi connectivity index (χ4v) is 5.01. The average molecular weight is 479 g/mol. The van der Waals surface area contributed by atoms with Crippen molar-refractivity contribution >= 4 is 18.6 Å². The molecule has 5 nitrogen and oxygen atoms in total. The Labute approximate surface area is 200 Å². The van der Waals surface area contributed by atoms with Gasteiger partial charge in [0.25, 0.3) is 0 Å². The number of phosphoric ester groups is 1. The Bertz CT molecular complexity index is 805. The second-order valence-corrected chi connectivity index (χ2v) is 10.0. The van der Waals surface area contributed by atoms with E-state index in [1.165, 1.54) is 57.8 Å². The van der Waals surface area contributed by atoms with Crippen LogP contribution in [0.15, 0.2) is 42.5 Å². The van der Waals surface area contributed by atoms with Crippen LogP contribution in [0.4, 0.5) is 0 Å². The van der Waals surface area contributed by atoms with Gasteiger partial charge in [0.15, 0.2) is 0 Å². The van der Waals surface area contributed by atoms with Crippen molar-refractivity contribution in [2.75, 3.05) is 26.4 Å². The fraction of sp³-hybridized carbons (Fsp3) is 0.630. The van der Waals surface area contributed by atoms with E-state index in [1.807, 2.05) is 43.3 Å². The molecule has 2 rings (SSSR count). The van der Waals surface area contributed by atoms with Crippen molar-refractivity contribution in [2.45, 2.75) is 84.5 Å². The first kappa shape index (κ1) is 27.9. The summed E-state index contributed by atoms with van der Waals surface area (Å²) in [4.78, 5) is 0. The maximum Gasteiger partial charge on any atom is 0.530 e. The number of rotatable bonds is 20. The summed E-state index contributed by atoms with van der Waals surface area (Å²) in [5, 5.41) is 1.90. The highest BCUT2D eigenvalue weighted by Gasteiger charge is 2.29. The molecule has 0 bridgehead atoms. The molecule has 0 aliphatic carbocycles. The SMILES string of the molecule is CCCCCCCCCCCCCOP(=O)(OCCOCC)Oc1cccc2ccccc12. The summed E-state index contributed by atoms with van der Waals surface area (Å²) in [5.41, 5.74) is 0. The van der Waals surface area contributed by atoms with Gasteiger partial charge in [-0.05, 0) is 24.8 Å². The lowest BCUT2D eigenvalue weighted by atomic mass is 10.1. The zero-order valence-electron chi connectivity index (χ0n) is 20.6. The van der Waals surface area contributed by atoms with Gasteiger partial charge < -0.3 is 9.26 Å². The minimum atomic E-state index is -3.75. The molecule has 0 radical (unpaired) electrons. The molecule has 0 N–H and O–H groups in total. The smallest absolute Gasteiger partial charge is 0.403 e. The van der Waals surface area contributed by atoms with Crippen LogP contribution in [0.5, 0.6) is 5.75 Å². The molecule has 6 heteroatoms. The van der Waals surface area contributed by atoms with Gasteiger partial charge in [0.2, 0.25) is 0 Å². The van der Waals surface area contributed by atoms with Crippen molar-refractivity contribution in [3.8, 4) is 5.75 Å². The summed E-state index contributed by atoms with van der Waals surface area (Å²) in [7, 11) is -3.75. The Hall–Kier alpha value is -1.39. The van der Waals surface area contributed by atoms with Crippen LogP contribution in [0.3, 0.4) is 0 Å². The van der Waals surface area contributed by atoms with Crippen LogP contribution in [0.1, 0.15) is 84.5 Å². The van der Waals surface area contributed by atoms with E-state index in [2.05, 4.69) is 6.92 Å². The lowest BCUT2D eigenvalue weighted by molar-refractivity contribution is 0.0847. The van der Waals surface area contributed by atoms with E-state index in [-0.39, 0.29) is 6.61 Å². The molecule has 0 spiro atoms. The molecule has 0 aromatic heterocycles. The number of hydrogen-bond donors (Lipinski definition) is 0. The molecule has 0 aliphatic rings. The van der Waals surface area contributed by atoms with Gasteiger partial charge in [0.1, 0.15) is 5.75 Å². The predicted molar refractivity (Wildman–Crippen MR) is 137 cm³/mol. The first-order valence-corrected chi connectivity index (χ1v) is 14.3. The number of benzene rings is 2. The van der Waals surface area contributed by atoms with Crippen molar-refractivity contribution in [1.29, 1.82) is 0 Å².